The Morgan fingerprint density at radius 1 is 1.29 bits per heavy atom. The minimum absolute atomic E-state index is 0.202. The molecule has 136 valence electrons. The van der Waals surface area contributed by atoms with E-state index in [2.05, 4.69) is 43.2 Å². The second-order valence-electron chi connectivity index (χ2n) is 7.73. The summed E-state index contributed by atoms with van der Waals surface area (Å²) in [7, 11) is 2.14. The third-order valence-corrected chi connectivity index (χ3v) is 5.24. The first-order valence-corrected chi connectivity index (χ1v) is 9.19. The summed E-state index contributed by atoms with van der Waals surface area (Å²) in [6.45, 7) is 11.1. The van der Waals surface area contributed by atoms with Crippen LogP contribution in [-0.2, 0) is 6.54 Å². The van der Waals surface area contributed by atoms with Gasteiger partial charge < -0.3 is 20.1 Å². The van der Waals surface area contributed by atoms with E-state index < -0.39 is 5.60 Å². The number of hydrogen-bond donors (Lipinski definition) is 2. The van der Waals surface area contributed by atoms with Crippen molar-refractivity contribution in [3.63, 3.8) is 0 Å². The molecule has 2 N–H and O–H groups in total. The zero-order chi connectivity index (χ0) is 17.7. The summed E-state index contributed by atoms with van der Waals surface area (Å²) in [4.78, 5) is 2.34. The highest BCUT2D eigenvalue weighted by Gasteiger charge is 2.40. The van der Waals surface area contributed by atoms with Crippen LogP contribution in [0.2, 0.25) is 0 Å². The van der Waals surface area contributed by atoms with Crippen molar-refractivity contribution >= 4 is 0 Å². The van der Waals surface area contributed by atoms with E-state index in [9.17, 15) is 5.11 Å². The van der Waals surface area contributed by atoms with Crippen LogP contribution in [0, 0.1) is 5.92 Å². The van der Waals surface area contributed by atoms with Gasteiger partial charge in [0.1, 0.15) is 5.75 Å². The van der Waals surface area contributed by atoms with Crippen molar-refractivity contribution in [1.29, 1.82) is 0 Å². The number of likely N-dealkylation sites (tertiary alicyclic amines) is 1. The van der Waals surface area contributed by atoms with Gasteiger partial charge in [-0.1, -0.05) is 19.1 Å². The van der Waals surface area contributed by atoms with Gasteiger partial charge in [-0.3, -0.25) is 0 Å². The van der Waals surface area contributed by atoms with E-state index in [0.29, 0.717) is 12.0 Å². The first kappa shape index (κ1) is 19.2. The van der Waals surface area contributed by atoms with E-state index in [1.54, 1.807) is 0 Å². The number of piperidine rings is 1. The zero-order valence-corrected chi connectivity index (χ0v) is 15.9. The molecular weight excluding hydrogens is 300 g/mol. The summed E-state index contributed by atoms with van der Waals surface area (Å²) >= 11 is 0. The zero-order valence-electron chi connectivity index (χ0n) is 15.9. The maximum absolute atomic E-state index is 11.0. The minimum Gasteiger partial charge on any atom is -0.491 e. The molecule has 0 amide bonds. The van der Waals surface area contributed by atoms with Crippen LogP contribution in [0.5, 0.6) is 5.75 Å². The Kier molecular flexibility index (Phi) is 6.67. The lowest BCUT2D eigenvalue weighted by Crippen LogP contribution is -2.54. The maximum atomic E-state index is 11.0. The number of aliphatic hydroxyl groups is 1. The predicted molar refractivity (Wildman–Crippen MR) is 99.4 cm³/mol. The number of rotatable bonds is 7. The molecule has 4 heteroatoms. The van der Waals surface area contributed by atoms with Crippen LogP contribution < -0.4 is 10.1 Å². The second-order valence-corrected chi connectivity index (χ2v) is 7.73. The topological polar surface area (TPSA) is 44.7 Å². The fraction of sp³-hybridized carbons (Fsp3) is 0.700. The molecule has 0 spiro atoms. The molecule has 1 aliphatic rings. The highest BCUT2D eigenvalue weighted by Crippen LogP contribution is 2.33. The van der Waals surface area contributed by atoms with Crippen molar-refractivity contribution in [2.45, 2.75) is 64.8 Å². The van der Waals surface area contributed by atoms with Gasteiger partial charge in [0.15, 0.2) is 0 Å². The van der Waals surface area contributed by atoms with Crippen LogP contribution >= 0.6 is 0 Å². The number of ether oxygens (including phenoxy) is 1. The molecule has 1 aromatic rings. The fourth-order valence-corrected chi connectivity index (χ4v) is 3.49. The fourth-order valence-electron chi connectivity index (χ4n) is 3.49. The van der Waals surface area contributed by atoms with Crippen molar-refractivity contribution in [2.75, 3.05) is 20.1 Å². The number of nitrogens with zero attached hydrogens (tertiary/aromatic N) is 1. The van der Waals surface area contributed by atoms with Gasteiger partial charge in [-0.25, -0.2) is 0 Å². The van der Waals surface area contributed by atoms with Crippen molar-refractivity contribution < 1.29 is 9.84 Å². The van der Waals surface area contributed by atoms with Gasteiger partial charge in [-0.2, -0.15) is 0 Å². The molecule has 2 rings (SSSR count). The Morgan fingerprint density at radius 3 is 2.58 bits per heavy atom. The van der Waals surface area contributed by atoms with Gasteiger partial charge in [0, 0.05) is 19.1 Å². The maximum Gasteiger partial charge on any atom is 0.119 e. The Balaban J connectivity index is 1.76. The van der Waals surface area contributed by atoms with E-state index >= 15 is 0 Å². The first-order chi connectivity index (χ1) is 11.3. The highest BCUT2D eigenvalue weighted by atomic mass is 16.5. The molecule has 0 aliphatic carbocycles. The molecule has 0 saturated carbocycles. The monoisotopic (exact) mass is 334 g/mol. The van der Waals surface area contributed by atoms with Crippen molar-refractivity contribution in [2.24, 2.45) is 5.92 Å². The molecule has 0 unspecified atom stereocenters. The summed E-state index contributed by atoms with van der Waals surface area (Å²) in [6, 6.07) is 8.68. The molecular formula is C20H34N2O2. The molecule has 0 radical (unpaired) electrons. The van der Waals surface area contributed by atoms with Crippen LogP contribution in [0.4, 0.5) is 0 Å². The van der Waals surface area contributed by atoms with Gasteiger partial charge in [-0.05, 0) is 70.8 Å². The van der Waals surface area contributed by atoms with Gasteiger partial charge in [0.2, 0.25) is 0 Å². The molecule has 1 aliphatic heterocycles. The molecule has 24 heavy (non-hydrogen) atoms. The van der Waals surface area contributed by atoms with E-state index in [4.69, 9.17) is 4.74 Å². The third-order valence-electron chi connectivity index (χ3n) is 5.24. The molecule has 1 fully saturated rings. The lowest BCUT2D eigenvalue weighted by atomic mass is 9.77. The summed E-state index contributed by atoms with van der Waals surface area (Å²) in [5, 5.41) is 14.4. The lowest BCUT2D eigenvalue weighted by molar-refractivity contribution is -0.0831. The standard InChI is InChI=1S/C20H34N2O2/c1-15(2)24-19-8-6-18(7-9-19)13-21-11-10-20(23)12-17(4)22(5)14-16(20)3/h6-9,15-17,21,23H,10-14H2,1-5H3/t16-,17-,20-/m0/s1. The van der Waals surface area contributed by atoms with Crippen LogP contribution in [0.3, 0.4) is 0 Å². The van der Waals surface area contributed by atoms with Crippen molar-refractivity contribution in [3.05, 3.63) is 29.8 Å². The van der Waals surface area contributed by atoms with Crippen LogP contribution in [0.15, 0.2) is 24.3 Å². The summed E-state index contributed by atoms with van der Waals surface area (Å²) in [5.74, 6) is 1.23. The van der Waals surface area contributed by atoms with Crippen LogP contribution in [0.25, 0.3) is 0 Å². The Labute approximate surface area is 147 Å². The Morgan fingerprint density at radius 2 is 1.96 bits per heavy atom. The van der Waals surface area contributed by atoms with E-state index in [-0.39, 0.29) is 6.10 Å². The largest absolute Gasteiger partial charge is 0.491 e. The second kappa shape index (κ2) is 8.32. The van der Waals surface area contributed by atoms with Crippen molar-refractivity contribution in [1.82, 2.24) is 10.2 Å². The van der Waals surface area contributed by atoms with Crippen molar-refractivity contribution in [3.8, 4) is 5.75 Å². The van der Waals surface area contributed by atoms with Gasteiger partial charge in [0.05, 0.1) is 11.7 Å². The average molecular weight is 335 g/mol. The SMILES string of the molecule is CC(C)Oc1ccc(CNCC[C@]2(O)C[C@H](C)N(C)C[C@@H]2C)cc1. The number of hydrogen-bond acceptors (Lipinski definition) is 4. The predicted octanol–water partition coefficient (Wildman–Crippen LogP) is 3.04. The molecule has 1 heterocycles. The van der Waals surface area contributed by atoms with Gasteiger partial charge in [-0.15, -0.1) is 0 Å². The van der Waals surface area contributed by atoms with E-state index in [1.807, 2.05) is 26.0 Å². The summed E-state index contributed by atoms with van der Waals surface area (Å²) in [5.41, 5.74) is 0.691. The molecule has 3 atom stereocenters. The quantitative estimate of drug-likeness (QED) is 0.752. The van der Waals surface area contributed by atoms with Gasteiger partial charge in [0.25, 0.3) is 0 Å². The average Bonchev–Trinajstić information content (AvgIpc) is 2.51. The normalized spacial score (nSPS) is 28.3. The molecule has 1 aromatic carbocycles. The Bertz CT molecular complexity index is 503. The van der Waals surface area contributed by atoms with Crippen LogP contribution in [0.1, 0.15) is 46.1 Å². The summed E-state index contributed by atoms with van der Waals surface area (Å²) < 4.78 is 5.66. The molecule has 0 bridgehead atoms. The molecule has 4 nitrogen and oxygen atoms in total. The highest BCUT2D eigenvalue weighted by molar-refractivity contribution is 5.27. The minimum atomic E-state index is -0.548. The lowest BCUT2D eigenvalue weighted by Gasteiger charge is -2.46. The molecule has 0 aromatic heterocycles. The molecule has 1 saturated heterocycles. The van der Waals surface area contributed by atoms with Crippen LogP contribution in [-0.4, -0.2) is 47.9 Å². The number of nitrogens with one attached hydrogen (secondary N) is 1. The Hall–Kier alpha value is -1.10. The smallest absolute Gasteiger partial charge is 0.119 e. The third kappa shape index (κ3) is 5.20. The van der Waals surface area contributed by atoms with Gasteiger partial charge >= 0.3 is 0 Å². The van der Waals surface area contributed by atoms with E-state index in [1.165, 1.54) is 5.56 Å². The summed E-state index contributed by atoms with van der Waals surface area (Å²) in [6.07, 6.45) is 1.86. The van der Waals surface area contributed by atoms with E-state index in [0.717, 1.165) is 38.2 Å². The first-order valence-electron chi connectivity index (χ1n) is 9.19. The number of benzene rings is 1.